The zero-order chi connectivity index (χ0) is 9.73. The van der Waals surface area contributed by atoms with Crippen LogP contribution in [0.5, 0.6) is 0 Å². The van der Waals surface area contributed by atoms with Gasteiger partial charge in [-0.1, -0.05) is 12.8 Å². The van der Waals surface area contributed by atoms with Crippen molar-refractivity contribution in [3.05, 3.63) is 0 Å². The first kappa shape index (κ1) is 10.9. The molecule has 0 spiro atoms. The zero-order valence-corrected chi connectivity index (χ0v) is 8.52. The Hall–Kier alpha value is -0.130. The molecule has 5 heteroatoms. The second-order valence-corrected chi connectivity index (χ2v) is 5.47. The summed E-state index contributed by atoms with van der Waals surface area (Å²) in [5.41, 5.74) is 0. The summed E-state index contributed by atoms with van der Waals surface area (Å²) in [5, 5.41) is 8.30. The SMILES string of the molecule is O=S(=O)(NCCCO)C1CCCC1. The van der Waals surface area contributed by atoms with Crippen LogP contribution in [-0.2, 0) is 10.0 Å². The summed E-state index contributed by atoms with van der Waals surface area (Å²) in [6.07, 6.45) is 4.10. The first-order chi connectivity index (χ1) is 6.17. The van der Waals surface area contributed by atoms with Crippen LogP contribution in [-0.4, -0.2) is 31.9 Å². The number of aliphatic hydroxyl groups is 1. The fourth-order valence-corrected chi connectivity index (χ4v) is 3.23. The maximum absolute atomic E-state index is 11.5. The molecule has 0 aromatic rings. The van der Waals surface area contributed by atoms with E-state index in [-0.39, 0.29) is 11.9 Å². The van der Waals surface area contributed by atoms with Crippen molar-refractivity contribution in [1.82, 2.24) is 4.72 Å². The zero-order valence-electron chi connectivity index (χ0n) is 7.70. The molecule has 1 fully saturated rings. The molecule has 0 heterocycles. The summed E-state index contributed by atoms with van der Waals surface area (Å²) in [7, 11) is -3.09. The highest BCUT2D eigenvalue weighted by Gasteiger charge is 2.27. The molecule has 0 aliphatic heterocycles. The summed E-state index contributed by atoms with van der Waals surface area (Å²) < 4.78 is 25.5. The van der Waals surface area contributed by atoms with E-state index in [1.165, 1.54) is 0 Å². The number of sulfonamides is 1. The van der Waals surface area contributed by atoms with Crippen LogP contribution < -0.4 is 4.72 Å². The predicted octanol–water partition coefficient (Wildman–Crippen LogP) is 0.231. The number of aliphatic hydroxyl groups excluding tert-OH is 1. The van der Waals surface area contributed by atoms with Crippen molar-refractivity contribution < 1.29 is 13.5 Å². The molecule has 0 saturated heterocycles. The highest BCUT2D eigenvalue weighted by Crippen LogP contribution is 2.23. The van der Waals surface area contributed by atoms with Crippen LogP contribution in [0.2, 0.25) is 0 Å². The normalized spacial score (nSPS) is 19.5. The Labute approximate surface area is 79.4 Å². The molecule has 1 aliphatic carbocycles. The average Bonchev–Trinajstić information content (AvgIpc) is 2.56. The van der Waals surface area contributed by atoms with Crippen molar-refractivity contribution in [2.45, 2.75) is 37.4 Å². The van der Waals surface area contributed by atoms with E-state index in [0.29, 0.717) is 13.0 Å². The molecule has 13 heavy (non-hydrogen) atoms. The van der Waals surface area contributed by atoms with E-state index >= 15 is 0 Å². The Morgan fingerprint density at radius 2 is 1.92 bits per heavy atom. The lowest BCUT2D eigenvalue weighted by atomic mass is 10.4. The van der Waals surface area contributed by atoms with Gasteiger partial charge in [-0.15, -0.1) is 0 Å². The van der Waals surface area contributed by atoms with Crippen molar-refractivity contribution in [2.75, 3.05) is 13.2 Å². The molecule has 0 unspecified atom stereocenters. The smallest absolute Gasteiger partial charge is 0.214 e. The summed E-state index contributed by atoms with van der Waals surface area (Å²) in [5.74, 6) is 0. The molecule has 0 aromatic heterocycles. The molecule has 2 N–H and O–H groups in total. The molecule has 0 aromatic carbocycles. The number of hydrogen-bond acceptors (Lipinski definition) is 3. The summed E-state index contributed by atoms with van der Waals surface area (Å²) >= 11 is 0. The van der Waals surface area contributed by atoms with Gasteiger partial charge in [0.1, 0.15) is 0 Å². The minimum atomic E-state index is -3.09. The van der Waals surface area contributed by atoms with E-state index in [9.17, 15) is 8.42 Å². The Kier molecular flexibility index (Phi) is 4.15. The Morgan fingerprint density at radius 3 is 2.46 bits per heavy atom. The van der Waals surface area contributed by atoms with E-state index in [0.717, 1.165) is 25.7 Å². The lowest BCUT2D eigenvalue weighted by Crippen LogP contribution is -2.33. The number of rotatable bonds is 5. The van der Waals surface area contributed by atoms with E-state index in [1.54, 1.807) is 0 Å². The monoisotopic (exact) mass is 207 g/mol. The van der Waals surface area contributed by atoms with Crippen molar-refractivity contribution in [2.24, 2.45) is 0 Å². The first-order valence-electron chi connectivity index (χ1n) is 4.76. The molecule has 0 atom stereocenters. The van der Waals surface area contributed by atoms with E-state index in [1.807, 2.05) is 0 Å². The molecule has 0 bridgehead atoms. The minimum absolute atomic E-state index is 0.0349. The van der Waals surface area contributed by atoms with Gasteiger partial charge in [-0.2, -0.15) is 0 Å². The molecule has 0 amide bonds. The van der Waals surface area contributed by atoms with Crippen molar-refractivity contribution in [3.8, 4) is 0 Å². The largest absolute Gasteiger partial charge is 0.396 e. The third-order valence-corrected chi connectivity index (χ3v) is 4.33. The quantitative estimate of drug-likeness (QED) is 0.634. The molecule has 1 aliphatic rings. The van der Waals surface area contributed by atoms with Gasteiger partial charge in [0.05, 0.1) is 5.25 Å². The Bertz CT molecular complexity index is 232. The summed E-state index contributed by atoms with van der Waals surface area (Å²) in [6.45, 7) is 0.391. The van der Waals surface area contributed by atoms with Crippen LogP contribution in [0.4, 0.5) is 0 Å². The molecule has 78 valence electrons. The average molecular weight is 207 g/mol. The molecule has 0 radical (unpaired) electrons. The van der Waals surface area contributed by atoms with Crippen LogP contribution in [0.15, 0.2) is 0 Å². The molecule has 1 saturated carbocycles. The van der Waals surface area contributed by atoms with Crippen LogP contribution in [0, 0.1) is 0 Å². The maximum Gasteiger partial charge on any atom is 0.214 e. The van der Waals surface area contributed by atoms with Gasteiger partial charge in [0.2, 0.25) is 10.0 Å². The van der Waals surface area contributed by atoms with Crippen molar-refractivity contribution >= 4 is 10.0 Å². The van der Waals surface area contributed by atoms with Crippen molar-refractivity contribution in [3.63, 3.8) is 0 Å². The summed E-state index contributed by atoms with van der Waals surface area (Å²) in [6, 6.07) is 0. The second-order valence-electron chi connectivity index (χ2n) is 3.42. The van der Waals surface area contributed by atoms with Gasteiger partial charge < -0.3 is 5.11 Å². The Morgan fingerprint density at radius 1 is 1.31 bits per heavy atom. The second kappa shape index (κ2) is 4.93. The highest BCUT2D eigenvalue weighted by molar-refractivity contribution is 7.90. The lowest BCUT2D eigenvalue weighted by molar-refractivity contribution is 0.289. The van der Waals surface area contributed by atoms with Crippen molar-refractivity contribution in [1.29, 1.82) is 0 Å². The summed E-state index contributed by atoms with van der Waals surface area (Å²) in [4.78, 5) is 0. The van der Waals surface area contributed by atoms with E-state index in [2.05, 4.69) is 4.72 Å². The molecule has 4 nitrogen and oxygen atoms in total. The Balaban J connectivity index is 2.36. The van der Waals surface area contributed by atoms with Crippen LogP contribution in [0.1, 0.15) is 32.1 Å². The van der Waals surface area contributed by atoms with Gasteiger partial charge in [0.25, 0.3) is 0 Å². The van der Waals surface area contributed by atoms with Crippen LogP contribution in [0.25, 0.3) is 0 Å². The maximum atomic E-state index is 11.5. The van der Waals surface area contributed by atoms with Gasteiger partial charge in [0, 0.05) is 13.2 Å². The lowest BCUT2D eigenvalue weighted by Gasteiger charge is -2.11. The highest BCUT2D eigenvalue weighted by atomic mass is 32.2. The molecular formula is C8H17NO3S. The minimum Gasteiger partial charge on any atom is -0.396 e. The van der Waals surface area contributed by atoms with Crippen LogP contribution in [0.3, 0.4) is 0 Å². The third kappa shape index (κ3) is 3.25. The molecule has 1 rings (SSSR count). The van der Waals surface area contributed by atoms with Gasteiger partial charge in [-0.3, -0.25) is 0 Å². The topological polar surface area (TPSA) is 66.4 Å². The van der Waals surface area contributed by atoms with Crippen LogP contribution >= 0.6 is 0 Å². The third-order valence-electron chi connectivity index (χ3n) is 2.38. The fraction of sp³-hybridized carbons (Fsp3) is 1.00. The van der Waals surface area contributed by atoms with E-state index < -0.39 is 10.0 Å². The first-order valence-corrected chi connectivity index (χ1v) is 6.31. The van der Waals surface area contributed by atoms with Gasteiger partial charge >= 0.3 is 0 Å². The molecular weight excluding hydrogens is 190 g/mol. The van der Waals surface area contributed by atoms with E-state index in [4.69, 9.17) is 5.11 Å². The number of hydrogen-bond donors (Lipinski definition) is 2. The number of nitrogens with one attached hydrogen (secondary N) is 1. The van der Waals surface area contributed by atoms with Gasteiger partial charge in [-0.25, -0.2) is 13.1 Å². The predicted molar refractivity (Wildman–Crippen MR) is 50.9 cm³/mol. The van der Waals surface area contributed by atoms with Gasteiger partial charge in [-0.05, 0) is 19.3 Å². The fourth-order valence-electron chi connectivity index (χ4n) is 1.61. The van der Waals surface area contributed by atoms with Gasteiger partial charge in [0.15, 0.2) is 0 Å². The standard InChI is InChI=1S/C8H17NO3S/c10-7-3-6-9-13(11,12)8-4-1-2-5-8/h8-10H,1-7H2.